The molecular weight excluding hydrogens is 238 g/mol. The lowest BCUT2D eigenvalue weighted by molar-refractivity contribution is 0.585. The normalized spacial score (nSPS) is 17.0. The van der Waals surface area contributed by atoms with Gasteiger partial charge in [-0.05, 0) is 20.8 Å². The van der Waals surface area contributed by atoms with Crippen LogP contribution in [0, 0.1) is 0 Å². The maximum atomic E-state index is 4.70. The van der Waals surface area contributed by atoms with Crippen LogP contribution in [0.5, 0.6) is 0 Å². The molecule has 0 amide bonds. The van der Waals surface area contributed by atoms with Crippen molar-refractivity contribution in [3.05, 3.63) is 11.8 Å². The van der Waals surface area contributed by atoms with E-state index in [1.165, 1.54) is 0 Å². The molecule has 0 N–H and O–H groups in total. The van der Waals surface area contributed by atoms with Gasteiger partial charge in [-0.1, -0.05) is 51.1 Å². The molecule has 0 heterocycles. The smallest absolute Gasteiger partial charge is 0.0683 e. The SMILES string of the molecule is CC(C)(C)N=CC(/C=C/[Si](C)(C)C)[Si](C)(C)C. The molecule has 1 nitrogen and oxygen atoms in total. The first kappa shape index (κ1) is 16.8. The molecule has 0 aromatic rings. The second-order valence-electron chi connectivity index (χ2n) is 8.07. The third-order valence-corrected chi connectivity index (χ3v) is 5.96. The van der Waals surface area contributed by atoms with Crippen LogP contribution in [0.2, 0.25) is 44.8 Å². The first-order chi connectivity index (χ1) is 7.31. The Bertz CT molecular complexity index is 261. The van der Waals surface area contributed by atoms with E-state index in [2.05, 4.69) is 78.0 Å². The van der Waals surface area contributed by atoms with Crippen LogP contribution < -0.4 is 0 Å². The molecule has 0 saturated carbocycles. The topological polar surface area (TPSA) is 12.4 Å². The van der Waals surface area contributed by atoms with Crippen LogP contribution >= 0.6 is 0 Å². The van der Waals surface area contributed by atoms with Crippen molar-refractivity contribution in [2.75, 3.05) is 0 Å². The molecule has 0 aromatic heterocycles. The van der Waals surface area contributed by atoms with Crippen LogP contribution in [-0.2, 0) is 0 Å². The van der Waals surface area contributed by atoms with E-state index >= 15 is 0 Å². The number of hydrogen-bond donors (Lipinski definition) is 0. The summed E-state index contributed by atoms with van der Waals surface area (Å²) in [6, 6.07) is 0. The lowest BCUT2D eigenvalue weighted by Gasteiger charge is -2.25. The molecule has 100 valence electrons. The summed E-state index contributed by atoms with van der Waals surface area (Å²) in [5.41, 5.74) is 3.07. The number of hydrogen-bond acceptors (Lipinski definition) is 1. The number of aliphatic imine (C=N–C) groups is 1. The molecule has 0 saturated heterocycles. The van der Waals surface area contributed by atoms with E-state index in [0.717, 1.165) is 0 Å². The Kier molecular flexibility index (Phi) is 5.60. The maximum Gasteiger partial charge on any atom is 0.0683 e. The van der Waals surface area contributed by atoms with Gasteiger partial charge in [0.15, 0.2) is 0 Å². The Hall–Kier alpha value is -0.156. The highest BCUT2D eigenvalue weighted by atomic mass is 28.3. The van der Waals surface area contributed by atoms with Gasteiger partial charge in [-0.2, -0.15) is 0 Å². The first-order valence-electron chi connectivity index (χ1n) is 6.56. The van der Waals surface area contributed by atoms with Crippen LogP contribution in [0.1, 0.15) is 20.8 Å². The third-order valence-electron chi connectivity index (χ3n) is 2.43. The maximum absolute atomic E-state index is 4.70. The van der Waals surface area contributed by atoms with Gasteiger partial charge in [-0.3, -0.25) is 4.99 Å². The molecule has 0 spiro atoms. The monoisotopic (exact) mass is 269 g/mol. The minimum atomic E-state index is -1.20. The fraction of sp³-hybridized carbons (Fsp3) is 0.786. The Morgan fingerprint density at radius 2 is 1.41 bits per heavy atom. The second kappa shape index (κ2) is 5.66. The molecule has 17 heavy (non-hydrogen) atoms. The summed E-state index contributed by atoms with van der Waals surface area (Å²) in [6.07, 6.45) is 4.62. The molecule has 0 fully saturated rings. The van der Waals surface area contributed by atoms with Crippen molar-refractivity contribution in [2.45, 2.75) is 71.1 Å². The molecule has 3 heteroatoms. The van der Waals surface area contributed by atoms with Gasteiger partial charge in [-0.15, -0.1) is 0 Å². The van der Waals surface area contributed by atoms with Crippen molar-refractivity contribution < 1.29 is 0 Å². The minimum absolute atomic E-state index is 0.0465. The summed E-state index contributed by atoms with van der Waals surface area (Å²) >= 11 is 0. The summed E-state index contributed by atoms with van der Waals surface area (Å²) in [5.74, 6) is 0. The first-order valence-corrected chi connectivity index (χ1v) is 13.7. The van der Waals surface area contributed by atoms with Gasteiger partial charge in [0.2, 0.25) is 0 Å². The quantitative estimate of drug-likeness (QED) is 0.503. The Balaban J connectivity index is 4.94. The van der Waals surface area contributed by atoms with Gasteiger partial charge in [0, 0.05) is 11.8 Å². The average Bonchev–Trinajstić information content (AvgIpc) is 1.96. The van der Waals surface area contributed by atoms with Gasteiger partial charge < -0.3 is 0 Å². The fourth-order valence-electron chi connectivity index (χ4n) is 1.26. The zero-order valence-electron chi connectivity index (χ0n) is 13.3. The number of nitrogens with zero attached hydrogens (tertiary/aromatic N) is 1. The van der Waals surface area contributed by atoms with Gasteiger partial charge in [0.1, 0.15) is 0 Å². The molecule has 0 radical (unpaired) electrons. The van der Waals surface area contributed by atoms with Crippen LogP contribution in [0.3, 0.4) is 0 Å². The second-order valence-corrected chi connectivity index (χ2v) is 18.5. The zero-order valence-corrected chi connectivity index (χ0v) is 15.3. The van der Waals surface area contributed by atoms with Crippen LogP contribution in [0.25, 0.3) is 0 Å². The number of allylic oxidation sites excluding steroid dienone is 1. The van der Waals surface area contributed by atoms with Crippen molar-refractivity contribution in [1.29, 1.82) is 0 Å². The molecule has 0 aliphatic rings. The van der Waals surface area contributed by atoms with E-state index in [9.17, 15) is 0 Å². The van der Waals surface area contributed by atoms with Gasteiger partial charge in [0.25, 0.3) is 0 Å². The van der Waals surface area contributed by atoms with E-state index in [0.29, 0.717) is 5.54 Å². The molecule has 0 aliphatic carbocycles. The molecule has 1 unspecified atom stereocenters. The van der Waals surface area contributed by atoms with E-state index in [1.807, 2.05) is 0 Å². The molecule has 0 bridgehead atoms. The van der Waals surface area contributed by atoms with E-state index < -0.39 is 16.1 Å². The minimum Gasteiger partial charge on any atom is -0.291 e. The van der Waals surface area contributed by atoms with Crippen molar-refractivity contribution in [3.63, 3.8) is 0 Å². The van der Waals surface area contributed by atoms with E-state index in [4.69, 9.17) is 4.99 Å². The van der Waals surface area contributed by atoms with Crippen LogP contribution in [0.15, 0.2) is 16.8 Å². The van der Waals surface area contributed by atoms with Gasteiger partial charge >= 0.3 is 0 Å². The summed E-state index contributed by atoms with van der Waals surface area (Å²) < 4.78 is 0. The highest BCUT2D eigenvalue weighted by molar-refractivity contribution is 6.82. The van der Waals surface area contributed by atoms with E-state index in [-0.39, 0.29) is 5.54 Å². The van der Waals surface area contributed by atoms with E-state index in [1.54, 1.807) is 0 Å². The van der Waals surface area contributed by atoms with Crippen molar-refractivity contribution in [1.82, 2.24) is 0 Å². The lowest BCUT2D eigenvalue weighted by atomic mass is 10.1. The summed E-state index contributed by atoms with van der Waals surface area (Å²) in [7, 11) is -2.29. The Labute approximate surface area is 110 Å². The molecule has 0 aromatic carbocycles. The fourth-order valence-corrected chi connectivity index (χ4v) is 3.43. The van der Waals surface area contributed by atoms with Crippen molar-refractivity contribution in [3.8, 4) is 0 Å². The Morgan fingerprint density at radius 1 is 0.941 bits per heavy atom. The zero-order chi connectivity index (χ0) is 13.9. The van der Waals surface area contributed by atoms with Crippen LogP contribution in [0.4, 0.5) is 0 Å². The van der Waals surface area contributed by atoms with Crippen molar-refractivity contribution >= 4 is 22.4 Å². The molecule has 0 aliphatic heterocycles. The standard InChI is InChI=1S/C14H31NSi2/c1-14(2,3)15-12-13(17(7,8)9)10-11-16(4,5)6/h10-13H,1-9H3/b11-10+,15-12?. The average molecular weight is 270 g/mol. The summed E-state index contributed by atoms with van der Waals surface area (Å²) in [4.78, 5) is 4.70. The molecule has 1 atom stereocenters. The largest absolute Gasteiger partial charge is 0.291 e. The molecular formula is C14H31NSi2. The third kappa shape index (κ3) is 9.54. The summed E-state index contributed by atoms with van der Waals surface area (Å²) in [6.45, 7) is 20.9. The van der Waals surface area contributed by atoms with Gasteiger partial charge in [-0.25, -0.2) is 0 Å². The highest BCUT2D eigenvalue weighted by Crippen LogP contribution is 2.23. The summed E-state index contributed by atoms with van der Waals surface area (Å²) in [5, 5.41) is 0. The highest BCUT2D eigenvalue weighted by Gasteiger charge is 2.24. The molecule has 0 rings (SSSR count). The number of rotatable bonds is 4. The van der Waals surface area contributed by atoms with Crippen molar-refractivity contribution in [2.24, 2.45) is 4.99 Å². The van der Waals surface area contributed by atoms with Gasteiger partial charge in [0.05, 0.1) is 21.7 Å². The Morgan fingerprint density at radius 3 is 1.71 bits per heavy atom. The predicted molar refractivity (Wildman–Crippen MR) is 87.8 cm³/mol. The lowest BCUT2D eigenvalue weighted by Crippen LogP contribution is -2.29. The van der Waals surface area contributed by atoms with Crippen LogP contribution in [-0.4, -0.2) is 27.9 Å². The predicted octanol–water partition coefficient (Wildman–Crippen LogP) is 5.00.